The molecular weight excluding hydrogens is 600 g/mol. The maximum atomic E-state index is 3.48. The van der Waals surface area contributed by atoms with Crippen molar-refractivity contribution in [3.8, 4) is 0 Å². The van der Waals surface area contributed by atoms with Crippen molar-refractivity contribution in [2.24, 2.45) is 0 Å². The van der Waals surface area contributed by atoms with E-state index in [9.17, 15) is 0 Å². The standard InChI is InChI=1S/2C16H26Br.Fe/c2*17-15-11-7-5-3-1-2-4-6-8-12-16-13-9-10-14-16;/h2*9-10,13-14H,1-8,11-12,15H2;/q;;+2. The molecule has 0 bridgehead atoms. The van der Waals surface area contributed by atoms with Crippen LogP contribution in [-0.2, 0) is 17.1 Å². The Morgan fingerprint density at radius 2 is 0.571 bits per heavy atom. The Hall–Kier alpha value is 1.48. The van der Waals surface area contributed by atoms with Crippen molar-refractivity contribution in [3.63, 3.8) is 0 Å². The maximum absolute atomic E-state index is 3.48. The van der Waals surface area contributed by atoms with Crippen LogP contribution in [0.25, 0.3) is 0 Å². The van der Waals surface area contributed by atoms with Gasteiger partial charge in [0, 0.05) is 10.7 Å². The quantitative estimate of drug-likeness (QED) is 0.0620. The topological polar surface area (TPSA) is 0 Å². The Labute approximate surface area is 249 Å². The molecule has 0 nitrogen and oxygen atoms in total. The smallest absolute Gasteiger partial charge is 0.0928 e. The Morgan fingerprint density at radius 1 is 0.343 bits per heavy atom. The van der Waals surface area contributed by atoms with Gasteiger partial charge in [-0.15, -0.1) is 0 Å². The van der Waals surface area contributed by atoms with Crippen molar-refractivity contribution in [3.05, 3.63) is 63.2 Å². The van der Waals surface area contributed by atoms with Crippen molar-refractivity contribution in [2.75, 3.05) is 10.7 Å². The van der Waals surface area contributed by atoms with Crippen LogP contribution in [0, 0.1) is 63.2 Å². The van der Waals surface area contributed by atoms with Crippen LogP contribution in [-0.4, -0.2) is 10.7 Å². The number of rotatable bonds is 22. The van der Waals surface area contributed by atoms with Crippen LogP contribution >= 0.6 is 31.9 Å². The molecule has 0 N–H and O–H groups in total. The summed E-state index contributed by atoms with van der Waals surface area (Å²) in [6.07, 6.45) is 45.5. The first-order valence-corrected chi connectivity index (χ1v) is 16.6. The van der Waals surface area contributed by atoms with Crippen molar-refractivity contribution in [1.82, 2.24) is 0 Å². The van der Waals surface area contributed by atoms with Gasteiger partial charge in [-0.2, -0.15) is 0 Å². The van der Waals surface area contributed by atoms with E-state index >= 15 is 0 Å². The Balaban J connectivity index is 0.000000642. The van der Waals surface area contributed by atoms with Gasteiger partial charge in [0.2, 0.25) is 0 Å². The van der Waals surface area contributed by atoms with Gasteiger partial charge in [0.25, 0.3) is 0 Å². The van der Waals surface area contributed by atoms with Crippen LogP contribution in [0.3, 0.4) is 0 Å². The Bertz CT molecular complexity index is 342. The number of halogens is 2. The van der Waals surface area contributed by atoms with E-state index in [1.807, 2.05) is 0 Å². The van der Waals surface area contributed by atoms with Crippen LogP contribution in [0.4, 0.5) is 0 Å². The van der Waals surface area contributed by atoms with Gasteiger partial charge in [0.15, 0.2) is 0 Å². The van der Waals surface area contributed by atoms with E-state index in [0.717, 1.165) is 0 Å². The van der Waals surface area contributed by atoms with E-state index in [4.69, 9.17) is 0 Å². The molecule has 2 aliphatic carbocycles. The number of unbranched alkanes of at least 4 members (excludes halogenated alkanes) is 16. The fourth-order valence-corrected chi connectivity index (χ4v) is 5.28. The van der Waals surface area contributed by atoms with Crippen LogP contribution in [0.2, 0.25) is 0 Å². The van der Waals surface area contributed by atoms with E-state index in [1.54, 1.807) is 0 Å². The fraction of sp³-hybridized carbons (Fsp3) is 0.688. The third-order valence-electron chi connectivity index (χ3n) is 6.66. The summed E-state index contributed by atoms with van der Waals surface area (Å²) in [7, 11) is 0. The van der Waals surface area contributed by atoms with Crippen LogP contribution in [0.1, 0.15) is 128 Å². The number of alkyl halides is 2. The van der Waals surface area contributed by atoms with Crippen molar-refractivity contribution in [2.45, 2.75) is 128 Å². The van der Waals surface area contributed by atoms with E-state index < -0.39 is 0 Å². The van der Waals surface area contributed by atoms with E-state index in [-0.39, 0.29) is 17.1 Å². The van der Waals surface area contributed by atoms with Gasteiger partial charge in [0.1, 0.15) is 0 Å². The second-order valence-corrected chi connectivity index (χ2v) is 11.4. The van der Waals surface area contributed by atoms with Gasteiger partial charge in [-0.25, -0.2) is 0 Å². The molecule has 0 aliphatic heterocycles. The van der Waals surface area contributed by atoms with Gasteiger partial charge in [-0.1, -0.05) is 135 Å². The molecule has 2 saturated carbocycles. The molecule has 2 fully saturated rings. The molecule has 0 spiro atoms. The molecule has 0 heterocycles. The summed E-state index contributed by atoms with van der Waals surface area (Å²) in [4.78, 5) is 0. The first kappa shape index (κ1) is 36.5. The van der Waals surface area contributed by atoms with Gasteiger partial charge in [-0.3, -0.25) is 0 Å². The third kappa shape index (κ3) is 25.5. The zero-order chi connectivity index (χ0) is 24.4. The molecule has 0 aromatic heterocycles. The van der Waals surface area contributed by atoms with Crippen molar-refractivity contribution >= 4 is 31.9 Å². The summed E-state index contributed by atoms with van der Waals surface area (Å²) < 4.78 is 0. The summed E-state index contributed by atoms with van der Waals surface area (Å²) in [6.45, 7) is 0. The molecule has 10 radical (unpaired) electrons. The Morgan fingerprint density at radius 3 is 0.829 bits per heavy atom. The first-order valence-electron chi connectivity index (χ1n) is 14.4. The average molecular weight is 652 g/mol. The summed E-state index contributed by atoms with van der Waals surface area (Å²) in [5.74, 6) is 3.03. The van der Waals surface area contributed by atoms with Crippen LogP contribution < -0.4 is 0 Å². The number of hydrogen-bond donors (Lipinski definition) is 0. The fourth-order valence-electron chi connectivity index (χ4n) is 4.48. The Kier molecular flexibility index (Phi) is 31.3. The SMILES string of the molecule is BrCCCCCCCCCCC[C]1[CH][CH][CH][CH]1.BrCCCCCCCCCCC[C]1[CH][CH][CH][CH]1.[Fe+2]. The summed E-state index contributed by atoms with van der Waals surface area (Å²) >= 11 is 6.95. The zero-order valence-corrected chi connectivity index (χ0v) is 26.6. The molecule has 3 heteroatoms. The normalized spacial score (nSPS) is 16.3. The second-order valence-electron chi connectivity index (χ2n) is 9.83. The molecule has 0 atom stereocenters. The van der Waals surface area contributed by atoms with E-state index in [2.05, 4.69) is 83.2 Å². The molecular formula is C32H52Br2Fe+2. The van der Waals surface area contributed by atoms with Gasteiger partial charge in [-0.05, 0) is 88.9 Å². The summed E-state index contributed by atoms with van der Waals surface area (Å²) in [5.41, 5.74) is 0. The van der Waals surface area contributed by atoms with Crippen molar-refractivity contribution in [1.29, 1.82) is 0 Å². The number of hydrogen-bond acceptors (Lipinski definition) is 0. The van der Waals surface area contributed by atoms with E-state index in [1.165, 1.54) is 151 Å². The monoisotopic (exact) mass is 650 g/mol. The third-order valence-corrected chi connectivity index (χ3v) is 7.78. The molecule has 2 rings (SSSR count). The van der Waals surface area contributed by atoms with Crippen molar-refractivity contribution < 1.29 is 17.1 Å². The largest absolute Gasteiger partial charge is 2.00 e. The second kappa shape index (κ2) is 30.0. The molecule has 35 heavy (non-hydrogen) atoms. The summed E-state index contributed by atoms with van der Waals surface area (Å²) in [6, 6.07) is 0. The average Bonchev–Trinajstić information content (AvgIpc) is 3.56. The molecule has 0 amide bonds. The predicted molar refractivity (Wildman–Crippen MR) is 161 cm³/mol. The van der Waals surface area contributed by atoms with E-state index in [0.29, 0.717) is 0 Å². The minimum Gasteiger partial charge on any atom is -0.0928 e. The molecule has 2 aliphatic rings. The minimum absolute atomic E-state index is 0. The molecule has 0 aromatic rings. The molecule has 0 aromatic carbocycles. The maximum Gasteiger partial charge on any atom is 2.00 e. The van der Waals surface area contributed by atoms with Gasteiger partial charge < -0.3 is 0 Å². The molecule has 0 unspecified atom stereocenters. The molecule has 0 saturated heterocycles. The minimum atomic E-state index is 0. The van der Waals surface area contributed by atoms with Gasteiger partial charge in [0.05, 0.1) is 0 Å². The zero-order valence-electron chi connectivity index (χ0n) is 22.3. The predicted octanol–water partition coefficient (Wildman–Crippen LogP) is 11.4. The van der Waals surface area contributed by atoms with Crippen LogP contribution in [0.5, 0.6) is 0 Å². The van der Waals surface area contributed by atoms with Gasteiger partial charge >= 0.3 is 17.1 Å². The summed E-state index contributed by atoms with van der Waals surface area (Å²) in [5, 5.41) is 2.35. The molecule has 200 valence electrons. The van der Waals surface area contributed by atoms with Crippen LogP contribution in [0.15, 0.2) is 0 Å². The first-order chi connectivity index (χ1) is 16.9.